The van der Waals surface area contributed by atoms with Gasteiger partial charge in [0, 0.05) is 0 Å². The van der Waals surface area contributed by atoms with Crippen molar-refractivity contribution >= 4 is 0 Å². The SMILES string of the molecule is Cc1cc(CCCCCCCCCc2ccc(-c3ccc(F)cc3)cc2)ccc1-c1ccc(F)cc1. The topological polar surface area (TPSA) is 0 Å². The van der Waals surface area contributed by atoms with Crippen LogP contribution in [0.3, 0.4) is 0 Å². The molecule has 0 unspecified atom stereocenters. The van der Waals surface area contributed by atoms with Crippen molar-refractivity contribution in [2.75, 3.05) is 0 Å². The number of hydrogen-bond donors (Lipinski definition) is 0. The monoisotopic (exact) mass is 482 g/mol. The Kier molecular flexibility index (Phi) is 9.44. The third-order valence-electron chi connectivity index (χ3n) is 7.01. The first-order chi connectivity index (χ1) is 17.6. The molecule has 0 atom stereocenters. The van der Waals surface area contributed by atoms with E-state index in [4.69, 9.17) is 0 Å². The molecule has 0 nitrogen and oxygen atoms in total. The van der Waals surface area contributed by atoms with E-state index in [-0.39, 0.29) is 11.6 Å². The van der Waals surface area contributed by atoms with E-state index in [2.05, 4.69) is 49.4 Å². The molecule has 4 aromatic rings. The minimum atomic E-state index is -0.195. The zero-order valence-corrected chi connectivity index (χ0v) is 21.3. The molecule has 0 heterocycles. The lowest BCUT2D eigenvalue weighted by molar-refractivity contribution is 0.579. The molecule has 0 saturated heterocycles. The minimum absolute atomic E-state index is 0.192. The molecule has 0 amide bonds. The van der Waals surface area contributed by atoms with E-state index in [1.807, 2.05) is 24.3 Å². The molecular weight excluding hydrogens is 446 g/mol. The predicted molar refractivity (Wildman–Crippen MR) is 148 cm³/mol. The second-order valence-electron chi connectivity index (χ2n) is 9.83. The van der Waals surface area contributed by atoms with Crippen molar-refractivity contribution in [2.24, 2.45) is 0 Å². The number of hydrogen-bond acceptors (Lipinski definition) is 0. The minimum Gasteiger partial charge on any atom is -0.207 e. The highest BCUT2D eigenvalue weighted by atomic mass is 19.1. The fraction of sp³-hybridized carbons (Fsp3) is 0.294. The van der Waals surface area contributed by atoms with Gasteiger partial charge in [0.15, 0.2) is 0 Å². The Labute approximate surface area is 215 Å². The van der Waals surface area contributed by atoms with Crippen LogP contribution in [-0.4, -0.2) is 0 Å². The van der Waals surface area contributed by atoms with Crippen LogP contribution in [0.2, 0.25) is 0 Å². The Balaban J connectivity index is 1.08. The van der Waals surface area contributed by atoms with E-state index in [9.17, 15) is 8.78 Å². The molecule has 0 N–H and O–H groups in total. The first kappa shape index (κ1) is 25.8. The first-order valence-corrected chi connectivity index (χ1v) is 13.3. The van der Waals surface area contributed by atoms with Gasteiger partial charge < -0.3 is 0 Å². The molecule has 4 rings (SSSR count). The average molecular weight is 483 g/mol. The van der Waals surface area contributed by atoms with E-state index in [1.54, 1.807) is 0 Å². The quantitative estimate of drug-likeness (QED) is 0.176. The summed E-state index contributed by atoms with van der Waals surface area (Å²) in [6.45, 7) is 2.14. The number of aryl methyl sites for hydroxylation is 3. The van der Waals surface area contributed by atoms with Crippen molar-refractivity contribution in [3.63, 3.8) is 0 Å². The zero-order chi connectivity index (χ0) is 25.2. The summed E-state index contributed by atoms with van der Waals surface area (Å²) in [6.07, 6.45) is 11.2. The summed E-state index contributed by atoms with van der Waals surface area (Å²) in [5.74, 6) is -0.387. The maximum Gasteiger partial charge on any atom is 0.123 e. The van der Waals surface area contributed by atoms with Gasteiger partial charge in [-0.25, -0.2) is 8.78 Å². The number of unbranched alkanes of at least 4 members (excludes halogenated alkanes) is 6. The third kappa shape index (κ3) is 7.62. The molecule has 0 radical (unpaired) electrons. The maximum atomic E-state index is 13.2. The number of rotatable bonds is 12. The average Bonchev–Trinajstić information content (AvgIpc) is 2.89. The smallest absolute Gasteiger partial charge is 0.123 e. The summed E-state index contributed by atoms with van der Waals surface area (Å²) < 4.78 is 26.3. The summed E-state index contributed by atoms with van der Waals surface area (Å²) in [5.41, 5.74) is 8.47. The van der Waals surface area contributed by atoms with Crippen molar-refractivity contribution in [3.8, 4) is 22.3 Å². The highest BCUT2D eigenvalue weighted by Crippen LogP contribution is 2.25. The Bertz CT molecular complexity index is 1210. The Hall–Kier alpha value is -3.26. The molecule has 36 heavy (non-hydrogen) atoms. The zero-order valence-electron chi connectivity index (χ0n) is 21.3. The summed E-state index contributed by atoms with van der Waals surface area (Å²) >= 11 is 0. The van der Waals surface area contributed by atoms with Gasteiger partial charge in [-0.2, -0.15) is 0 Å². The summed E-state index contributed by atoms with van der Waals surface area (Å²) in [7, 11) is 0. The van der Waals surface area contributed by atoms with Crippen molar-refractivity contribution < 1.29 is 8.78 Å². The molecule has 0 aliphatic carbocycles. The standard InChI is InChI=1S/C34H36F2/c1-26-25-28(13-24-34(26)31-18-22-33(36)23-19-31)10-8-6-4-2-3-5-7-9-27-11-14-29(15-12-27)30-16-20-32(35)21-17-30/h11-25H,2-10H2,1H3. The molecule has 0 spiro atoms. The maximum absolute atomic E-state index is 13.2. The highest BCUT2D eigenvalue weighted by Gasteiger charge is 2.04. The summed E-state index contributed by atoms with van der Waals surface area (Å²) in [4.78, 5) is 0. The lowest BCUT2D eigenvalue weighted by Gasteiger charge is -2.09. The van der Waals surface area contributed by atoms with Gasteiger partial charge in [0.1, 0.15) is 11.6 Å². The van der Waals surface area contributed by atoms with Gasteiger partial charge in [-0.3, -0.25) is 0 Å². The molecule has 0 bridgehead atoms. The van der Waals surface area contributed by atoms with E-state index in [1.165, 1.54) is 91.5 Å². The predicted octanol–water partition coefficient (Wildman–Crippen LogP) is 10.1. The van der Waals surface area contributed by atoms with Gasteiger partial charge >= 0.3 is 0 Å². The van der Waals surface area contributed by atoms with Crippen LogP contribution in [0.15, 0.2) is 91.0 Å². The van der Waals surface area contributed by atoms with Crippen LogP contribution in [0.25, 0.3) is 22.3 Å². The van der Waals surface area contributed by atoms with Gasteiger partial charge in [-0.05, 0) is 95.8 Å². The lowest BCUT2D eigenvalue weighted by atomic mass is 9.96. The molecule has 186 valence electrons. The number of benzene rings is 4. The molecule has 0 saturated carbocycles. The van der Waals surface area contributed by atoms with Crippen LogP contribution >= 0.6 is 0 Å². The molecular formula is C34H36F2. The van der Waals surface area contributed by atoms with E-state index >= 15 is 0 Å². The molecule has 0 aliphatic heterocycles. The second-order valence-corrected chi connectivity index (χ2v) is 9.83. The van der Waals surface area contributed by atoms with Gasteiger partial charge in [0.2, 0.25) is 0 Å². The molecule has 0 aromatic heterocycles. The van der Waals surface area contributed by atoms with E-state index < -0.39 is 0 Å². The van der Waals surface area contributed by atoms with Crippen molar-refractivity contribution in [3.05, 3.63) is 119 Å². The summed E-state index contributed by atoms with van der Waals surface area (Å²) in [6, 6.07) is 28.8. The largest absolute Gasteiger partial charge is 0.207 e. The van der Waals surface area contributed by atoms with Crippen LogP contribution in [-0.2, 0) is 12.8 Å². The lowest BCUT2D eigenvalue weighted by Crippen LogP contribution is -1.91. The molecule has 2 heteroatoms. The van der Waals surface area contributed by atoms with Gasteiger partial charge in [0.25, 0.3) is 0 Å². The van der Waals surface area contributed by atoms with E-state index in [0.29, 0.717) is 0 Å². The van der Waals surface area contributed by atoms with Crippen LogP contribution in [0, 0.1) is 18.6 Å². The summed E-state index contributed by atoms with van der Waals surface area (Å²) in [5, 5.41) is 0. The van der Waals surface area contributed by atoms with Crippen molar-refractivity contribution in [1.29, 1.82) is 0 Å². The van der Waals surface area contributed by atoms with Crippen LogP contribution in [0.4, 0.5) is 8.78 Å². The van der Waals surface area contributed by atoms with Gasteiger partial charge in [0.05, 0.1) is 0 Å². The van der Waals surface area contributed by atoms with Gasteiger partial charge in [-0.15, -0.1) is 0 Å². The fourth-order valence-corrected chi connectivity index (χ4v) is 4.88. The normalized spacial score (nSPS) is 11.1. The second kappa shape index (κ2) is 13.2. The third-order valence-corrected chi connectivity index (χ3v) is 7.01. The van der Waals surface area contributed by atoms with Crippen LogP contribution in [0.5, 0.6) is 0 Å². The van der Waals surface area contributed by atoms with Crippen LogP contribution in [0.1, 0.15) is 61.6 Å². The van der Waals surface area contributed by atoms with Gasteiger partial charge in [-0.1, -0.05) is 98.8 Å². The molecule has 0 aliphatic rings. The fourth-order valence-electron chi connectivity index (χ4n) is 4.88. The van der Waals surface area contributed by atoms with E-state index in [0.717, 1.165) is 29.5 Å². The molecule has 0 fully saturated rings. The Morgan fingerprint density at radius 3 is 1.39 bits per heavy atom. The van der Waals surface area contributed by atoms with Crippen molar-refractivity contribution in [2.45, 2.75) is 64.7 Å². The first-order valence-electron chi connectivity index (χ1n) is 13.3. The van der Waals surface area contributed by atoms with Crippen molar-refractivity contribution in [1.82, 2.24) is 0 Å². The Morgan fingerprint density at radius 2 is 0.861 bits per heavy atom. The molecule has 4 aromatic carbocycles. The van der Waals surface area contributed by atoms with Crippen LogP contribution < -0.4 is 0 Å². The Morgan fingerprint density at radius 1 is 0.444 bits per heavy atom. The highest BCUT2D eigenvalue weighted by molar-refractivity contribution is 5.67. The number of halogens is 2.